The average molecular weight is 360 g/mol. The maximum Gasteiger partial charge on any atom is 0.254 e. The molecule has 0 radical (unpaired) electrons. The normalized spacial score (nSPS) is 20.9. The van der Waals surface area contributed by atoms with Crippen LogP contribution in [-0.2, 0) is 12.8 Å². The first kappa shape index (κ1) is 19.0. The van der Waals surface area contributed by atoms with Gasteiger partial charge in [0.2, 0.25) is 0 Å². The van der Waals surface area contributed by atoms with Gasteiger partial charge in [0.1, 0.15) is 5.82 Å². The quantitative estimate of drug-likeness (QED) is 0.524. The van der Waals surface area contributed by atoms with Crippen molar-refractivity contribution in [3.63, 3.8) is 0 Å². The number of hydrogen-bond acceptors (Lipinski definition) is 0. The van der Waals surface area contributed by atoms with Crippen LogP contribution in [0.15, 0.2) is 48.5 Å². The van der Waals surface area contributed by atoms with Crippen LogP contribution in [0.1, 0.15) is 61.6 Å². The Morgan fingerprint density at radius 2 is 1.62 bits per heavy atom. The fourth-order valence-corrected chi connectivity index (χ4v) is 4.16. The third kappa shape index (κ3) is 4.69. The van der Waals surface area contributed by atoms with Crippen LogP contribution in [0.5, 0.6) is 0 Å². The monoisotopic (exact) mass is 360 g/mol. The van der Waals surface area contributed by atoms with Crippen LogP contribution in [-0.4, -0.2) is 5.92 Å². The number of aryl methyl sites for hydroxylation is 1. The van der Waals surface area contributed by atoms with Crippen molar-refractivity contribution < 1.29 is 13.2 Å². The molecule has 0 spiro atoms. The highest BCUT2D eigenvalue weighted by atomic mass is 19.3. The zero-order chi connectivity index (χ0) is 18.6. The first-order chi connectivity index (χ1) is 12.5. The van der Waals surface area contributed by atoms with E-state index in [1.54, 1.807) is 6.07 Å². The molecule has 26 heavy (non-hydrogen) atoms. The Morgan fingerprint density at radius 1 is 0.923 bits per heavy atom. The van der Waals surface area contributed by atoms with Crippen LogP contribution in [0.25, 0.3) is 0 Å². The average Bonchev–Trinajstić information content (AvgIpc) is 2.62. The largest absolute Gasteiger partial charge is 0.254 e. The second kappa shape index (κ2) is 8.28. The van der Waals surface area contributed by atoms with Crippen molar-refractivity contribution in [1.82, 2.24) is 0 Å². The molecule has 1 saturated carbocycles. The SMILES string of the molecule is CCCc1ccc(C2CCC(C(F)(F)Cc3cccc(F)c3)CC2)cc1. The van der Waals surface area contributed by atoms with Crippen molar-refractivity contribution in [3.05, 3.63) is 71.0 Å². The summed E-state index contributed by atoms with van der Waals surface area (Å²) in [5.74, 6) is -3.45. The molecule has 140 valence electrons. The maximum atomic E-state index is 14.7. The molecule has 0 atom stereocenters. The highest BCUT2D eigenvalue weighted by Crippen LogP contribution is 2.43. The third-order valence-corrected chi connectivity index (χ3v) is 5.64. The van der Waals surface area contributed by atoms with Crippen molar-refractivity contribution in [1.29, 1.82) is 0 Å². The van der Waals surface area contributed by atoms with Crippen molar-refractivity contribution in [2.45, 2.75) is 63.7 Å². The Balaban J connectivity index is 1.58. The summed E-state index contributed by atoms with van der Waals surface area (Å²) in [5.41, 5.74) is 2.99. The maximum absolute atomic E-state index is 14.7. The van der Waals surface area contributed by atoms with Crippen LogP contribution in [0, 0.1) is 11.7 Å². The van der Waals surface area contributed by atoms with Crippen molar-refractivity contribution in [3.8, 4) is 0 Å². The summed E-state index contributed by atoms with van der Waals surface area (Å²) < 4.78 is 42.6. The van der Waals surface area contributed by atoms with Gasteiger partial charge in [0.05, 0.1) is 0 Å². The van der Waals surface area contributed by atoms with Gasteiger partial charge in [-0.05, 0) is 66.8 Å². The highest BCUT2D eigenvalue weighted by molar-refractivity contribution is 5.26. The highest BCUT2D eigenvalue weighted by Gasteiger charge is 2.41. The summed E-state index contributed by atoms with van der Waals surface area (Å²) in [7, 11) is 0. The van der Waals surface area contributed by atoms with E-state index in [9.17, 15) is 13.2 Å². The number of rotatable bonds is 6. The predicted molar refractivity (Wildman–Crippen MR) is 100 cm³/mol. The minimum Gasteiger partial charge on any atom is -0.207 e. The lowest BCUT2D eigenvalue weighted by atomic mass is 9.75. The molecule has 3 rings (SSSR count). The molecule has 1 aliphatic carbocycles. The molecule has 0 heterocycles. The van der Waals surface area contributed by atoms with E-state index >= 15 is 0 Å². The van der Waals surface area contributed by atoms with E-state index in [4.69, 9.17) is 0 Å². The molecule has 0 nitrogen and oxygen atoms in total. The molecule has 0 aliphatic heterocycles. The molecule has 0 amide bonds. The molecular weight excluding hydrogens is 333 g/mol. The molecule has 0 bridgehead atoms. The Morgan fingerprint density at radius 3 is 2.23 bits per heavy atom. The number of alkyl halides is 2. The van der Waals surface area contributed by atoms with Crippen LogP contribution < -0.4 is 0 Å². The van der Waals surface area contributed by atoms with Gasteiger partial charge in [-0.3, -0.25) is 0 Å². The first-order valence-electron chi connectivity index (χ1n) is 9.69. The van der Waals surface area contributed by atoms with Gasteiger partial charge < -0.3 is 0 Å². The van der Waals surface area contributed by atoms with Crippen molar-refractivity contribution in [2.75, 3.05) is 0 Å². The van der Waals surface area contributed by atoms with Crippen LogP contribution in [0.3, 0.4) is 0 Å². The van der Waals surface area contributed by atoms with Crippen LogP contribution in [0.2, 0.25) is 0 Å². The second-order valence-corrected chi connectivity index (χ2v) is 7.61. The lowest BCUT2D eigenvalue weighted by Gasteiger charge is -2.34. The molecule has 2 aromatic rings. The summed E-state index contributed by atoms with van der Waals surface area (Å²) in [6.07, 6.45) is 4.51. The summed E-state index contributed by atoms with van der Waals surface area (Å²) >= 11 is 0. The number of hydrogen-bond donors (Lipinski definition) is 0. The fourth-order valence-electron chi connectivity index (χ4n) is 4.16. The van der Waals surface area contributed by atoms with E-state index < -0.39 is 17.7 Å². The summed E-state index contributed by atoms with van der Waals surface area (Å²) in [6, 6.07) is 14.3. The van der Waals surface area contributed by atoms with Gasteiger partial charge in [-0.2, -0.15) is 0 Å². The predicted octanol–water partition coefficient (Wildman–Crippen LogP) is 6.93. The Bertz CT molecular complexity index is 698. The van der Waals surface area contributed by atoms with E-state index in [-0.39, 0.29) is 6.42 Å². The molecule has 0 aromatic heterocycles. The summed E-state index contributed by atoms with van der Waals surface area (Å²) in [5, 5.41) is 0. The molecular formula is C23H27F3. The zero-order valence-corrected chi connectivity index (χ0v) is 15.4. The Kier molecular flexibility index (Phi) is 6.05. The molecule has 3 heteroatoms. The van der Waals surface area contributed by atoms with E-state index in [0.29, 0.717) is 24.3 Å². The van der Waals surface area contributed by atoms with E-state index in [1.807, 2.05) is 0 Å². The van der Waals surface area contributed by atoms with Gasteiger partial charge in [0.25, 0.3) is 5.92 Å². The number of halogens is 3. The lowest BCUT2D eigenvalue weighted by molar-refractivity contribution is -0.0715. The zero-order valence-electron chi connectivity index (χ0n) is 15.4. The smallest absolute Gasteiger partial charge is 0.207 e. The summed E-state index contributed by atoms with van der Waals surface area (Å²) in [6.45, 7) is 2.17. The number of benzene rings is 2. The van der Waals surface area contributed by atoms with E-state index in [0.717, 1.165) is 25.7 Å². The minimum atomic E-state index is -2.77. The van der Waals surface area contributed by atoms with Crippen LogP contribution in [0.4, 0.5) is 13.2 Å². The van der Waals surface area contributed by atoms with Crippen molar-refractivity contribution in [2.24, 2.45) is 5.92 Å². The molecule has 2 aromatic carbocycles. The molecule has 0 N–H and O–H groups in total. The van der Waals surface area contributed by atoms with E-state index in [1.165, 1.54) is 29.3 Å². The van der Waals surface area contributed by atoms with Gasteiger partial charge in [0.15, 0.2) is 0 Å². The fraction of sp³-hybridized carbons (Fsp3) is 0.478. The van der Waals surface area contributed by atoms with E-state index in [2.05, 4.69) is 31.2 Å². The van der Waals surface area contributed by atoms with Gasteiger partial charge in [-0.15, -0.1) is 0 Å². The minimum absolute atomic E-state index is 0.369. The summed E-state index contributed by atoms with van der Waals surface area (Å²) in [4.78, 5) is 0. The standard InChI is InChI=1S/C23H27F3/c1-2-4-17-7-9-19(10-8-17)20-11-13-21(14-12-20)23(25,26)16-18-5-3-6-22(24)15-18/h3,5-10,15,20-21H,2,4,11-14,16H2,1H3. The Labute approximate surface area is 154 Å². The first-order valence-corrected chi connectivity index (χ1v) is 9.69. The molecule has 1 aliphatic rings. The second-order valence-electron chi connectivity index (χ2n) is 7.61. The molecule has 0 unspecified atom stereocenters. The molecule has 1 fully saturated rings. The molecule has 0 saturated heterocycles. The Hall–Kier alpha value is -1.77. The topological polar surface area (TPSA) is 0 Å². The van der Waals surface area contributed by atoms with Gasteiger partial charge in [-0.25, -0.2) is 13.2 Å². The lowest BCUT2D eigenvalue weighted by Crippen LogP contribution is -2.33. The van der Waals surface area contributed by atoms with Crippen molar-refractivity contribution >= 4 is 0 Å². The van der Waals surface area contributed by atoms with Gasteiger partial charge >= 0.3 is 0 Å². The van der Waals surface area contributed by atoms with Gasteiger partial charge in [0, 0.05) is 12.3 Å². The van der Waals surface area contributed by atoms with Crippen LogP contribution >= 0.6 is 0 Å². The third-order valence-electron chi connectivity index (χ3n) is 5.64. The van der Waals surface area contributed by atoms with Gasteiger partial charge in [-0.1, -0.05) is 49.7 Å².